The third kappa shape index (κ3) is 4.32. The van der Waals surface area contributed by atoms with Gasteiger partial charge in [0.25, 0.3) is 0 Å². The maximum Gasteiger partial charge on any atom is 0.233 e. The summed E-state index contributed by atoms with van der Waals surface area (Å²) in [6, 6.07) is 11.8. The number of fused-ring (bicyclic) bond motifs is 1. The van der Waals surface area contributed by atoms with Crippen molar-refractivity contribution in [1.29, 1.82) is 5.26 Å². The molecule has 4 aromatic rings. The van der Waals surface area contributed by atoms with Crippen LogP contribution < -0.4 is 14.4 Å². The van der Waals surface area contributed by atoms with Crippen LogP contribution in [0.4, 0.5) is 5.82 Å². The van der Waals surface area contributed by atoms with Crippen LogP contribution in [-0.4, -0.2) is 51.1 Å². The molecule has 0 aliphatic carbocycles. The summed E-state index contributed by atoms with van der Waals surface area (Å²) in [4.78, 5) is 6.95. The van der Waals surface area contributed by atoms with E-state index < -0.39 is 0 Å². The van der Waals surface area contributed by atoms with Gasteiger partial charge in [0.05, 0.1) is 24.4 Å². The van der Waals surface area contributed by atoms with Gasteiger partial charge in [-0.1, -0.05) is 0 Å². The second-order valence-corrected chi connectivity index (χ2v) is 8.57. The minimum Gasteiger partial charge on any atom is -0.480 e. The predicted octanol–water partition coefficient (Wildman–Crippen LogP) is 3.88. The number of piperidine rings is 1. The molecule has 0 unspecified atom stereocenters. The lowest BCUT2D eigenvalue weighted by molar-refractivity contribution is 0.161. The van der Waals surface area contributed by atoms with Crippen LogP contribution in [-0.2, 0) is 0 Å². The van der Waals surface area contributed by atoms with Crippen LogP contribution in [0.15, 0.2) is 53.4 Å². The molecule has 0 aromatic carbocycles. The van der Waals surface area contributed by atoms with Crippen molar-refractivity contribution in [3.05, 3.63) is 59.0 Å². The van der Waals surface area contributed by atoms with Crippen molar-refractivity contribution in [3.8, 4) is 29.0 Å². The summed E-state index contributed by atoms with van der Waals surface area (Å²) >= 11 is 3.53. The molecule has 5 heterocycles. The molecule has 166 valence electrons. The first-order valence-corrected chi connectivity index (χ1v) is 11.3. The Morgan fingerprint density at radius 1 is 1.09 bits per heavy atom. The van der Waals surface area contributed by atoms with Gasteiger partial charge >= 0.3 is 0 Å². The number of anilines is 1. The highest BCUT2D eigenvalue weighted by atomic mass is 79.9. The first-order valence-electron chi connectivity index (χ1n) is 10.5. The number of nitriles is 1. The molecule has 0 radical (unpaired) electrons. The van der Waals surface area contributed by atoms with E-state index in [4.69, 9.17) is 14.5 Å². The van der Waals surface area contributed by atoms with Crippen LogP contribution in [0.25, 0.3) is 16.6 Å². The number of nitrogens with zero attached hydrogens (tertiary/aromatic N) is 7. The van der Waals surface area contributed by atoms with E-state index in [9.17, 15) is 5.26 Å². The Labute approximate surface area is 198 Å². The minimum atomic E-state index is 0.0874. The summed E-state index contributed by atoms with van der Waals surface area (Å²) in [5.41, 5.74) is 3.14. The summed E-state index contributed by atoms with van der Waals surface area (Å²) in [5, 5.41) is 21.7. The van der Waals surface area contributed by atoms with Gasteiger partial charge in [-0.05, 0) is 34.1 Å². The zero-order valence-corrected chi connectivity index (χ0v) is 19.4. The van der Waals surface area contributed by atoms with Gasteiger partial charge in [-0.3, -0.25) is 0 Å². The highest BCUT2D eigenvalue weighted by molar-refractivity contribution is 9.10. The third-order valence-electron chi connectivity index (χ3n) is 5.64. The van der Waals surface area contributed by atoms with Crippen LogP contribution in [0.1, 0.15) is 18.4 Å². The van der Waals surface area contributed by atoms with Crippen LogP contribution in [0.5, 0.6) is 11.8 Å². The molecule has 1 aliphatic rings. The van der Waals surface area contributed by atoms with Crippen LogP contribution in [0.2, 0.25) is 0 Å². The highest BCUT2D eigenvalue weighted by Crippen LogP contribution is 2.31. The zero-order valence-electron chi connectivity index (χ0n) is 17.8. The largest absolute Gasteiger partial charge is 0.480 e. The van der Waals surface area contributed by atoms with Crippen molar-refractivity contribution in [2.24, 2.45) is 0 Å². The van der Waals surface area contributed by atoms with E-state index in [-0.39, 0.29) is 6.10 Å². The Morgan fingerprint density at radius 2 is 1.88 bits per heavy atom. The molecule has 1 fully saturated rings. The van der Waals surface area contributed by atoms with Gasteiger partial charge in [-0.2, -0.15) is 10.4 Å². The van der Waals surface area contributed by atoms with Crippen molar-refractivity contribution < 1.29 is 9.47 Å². The van der Waals surface area contributed by atoms with Crippen molar-refractivity contribution in [2.75, 3.05) is 25.1 Å². The summed E-state index contributed by atoms with van der Waals surface area (Å²) in [6.07, 6.45) is 7.09. The predicted molar refractivity (Wildman–Crippen MR) is 125 cm³/mol. The fourth-order valence-corrected chi connectivity index (χ4v) is 4.40. The molecule has 0 amide bonds. The number of aromatic nitrogens is 5. The van der Waals surface area contributed by atoms with Crippen LogP contribution >= 0.6 is 15.9 Å². The standard InChI is InChI=1S/C23H20BrN7O2/c1-32-21-4-5-22(29-28-21)33-18-6-8-30(9-7-18)20-3-2-15(12-26-20)19-10-17(24)14-31-23(19)16(11-25)13-27-31/h2-5,10,12-14,18H,6-9H2,1H3. The van der Waals surface area contributed by atoms with Gasteiger partial charge in [-0.25, -0.2) is 9.50 Å². The third-order valence-corrected chi connectivity index (χ3v) is 6.07. The molecule has 33 heavy (non-hydrogen) atoms. The highest BCUT2D eigenvalue weighted by Gasteiger charge is 2.22. The normalized spacial score (nSPS) is 14.3. The van der Waals surface area contributed by atoms with Crippen molar-refractivity contribution in [3.63, 3.8) is 0 Å². The van der Waals surface area contributed by atoms with Gasteiger partial charge in [0.1, 0.15) is 18.0 Å². The van der Waals surface area contributed by atoms with Gasteiger partial charge in [-0.15, -0.1) is 10.2 Å². The Morgan fingerprint density at radius 3 is 2.55 bits per heavy atom. The zero-order chi connectivity index (χ0) is 22.8. The van der Waals surface area contributed by atoms with Crippen molar-refractivity contribution in [2.45, 2.75) is 18.9 Å². The summed E-state index contributed by atoms with van der Waals surface area (Å²) in [6.45, 7) is 1.67. The molecule has 4 aromatic heterocycles. The Kier molecular flexibility index (Phi) is 5.79. The molecule has 1 saturated heterocycles. The van der Waals surface area contributed by atoms with Crippen LogP contribution in [0, 0.1) is 11.3 Å². The molecular formula is C23H20BrN7O2. The molecule has 0 saturated carbocycles. The van der Waals surface area contributed by atoms with E-state index in [0.717, 1.165) is 52.9 Å². The van der Waals surface area contributed by atoms with E-state index in [2.05, 4.69) is 42.2 Å². The lowest BCUT2D eigenvalue weighted by Crippen LogP contribution is -2.38. The average Bonchev–Trinajstić information content (AvgIpc) is 3.27. The second kappa shape index (κ2) is 9.03. The maximum absolute atomic E-state index is 9.46. The summed E-state index contributed by atoms with van der Waals surface area (Å²) in [7, 11) is 1.56. The summed E-state index contributed by atoms with van der Waals surface area (Å²) in [5.74, 6) is 1.89. The number of ether oxygens (including phenoxy) is 2. The number of methoxy groups -OCH3 is 1. The molecule has 0 N–H and O–H groups in total. The van der Waals surface area contributed by atoms with Gasteiger partial charge in [0, 0.05) is 66.1 Å². The number of halogens is 1. The maximum atomic E-state index is 9.46. The molecule has 0 bridgehead atoms. The molecule has 0 spiro atoms. The number of rotatable bonds is 5. The Balaban J connectivity index is 1.28. The average molecular weight is 506 g/mol. The fraction of sp³-hybridized carbons (Fsp3) is 0.261. The van der Waals surface area contributed by atoms with E-state index >= 15 is 0 Å². The van der Waals surface area contributed by atoms with Gasteiger partial charge < -0.3 is 14.4 Å². The van der Waals surface area contributed by atoms with E-state index in [1.807, 2.05) is 30.6 Å². The van der Waals surface area contributed by atoms with E-state index in [1.54, 1.807) is 30.0 Å². The lowest BCUT2D eigenvalue weighted by atomic mass is 10.0. The molecule has 5 rings (SSSR count). The number of pyridine rings is 2. The van der Waals surface area contributed by atoms with Gasteiger partial charge in [0.2, 0.25) is 11.8 Å². The van der Waals surface area contributed by atoms with E-state index in [1.165, 1.54) is 0 Å². The lowest BCUT2D eigenvalue weighted by Gasteiger charge is -2.32. The molecule has 1 aliphatic heterocycles. The minimum absolute atomic E-state index is 0.0874. The monoisotopic (exact) mass is 505 g/mol. The topological polar surface area (TPSA) is 101 Å². The quantitative estimate of drug-likeness (QED) is 0.402. The van der Waals surface area contributed by atoms with Crippen molar-refractivity contribution >= 4 is 27.3 Å². The Hall–Kier alpha value is -3.71. The van der Waals surface area contributed by atoms with E-state index in [0.29, 0.717) is 17.3 Å². The first-order chi connectivity index (χ1) is 16.1. The SMILES string of the molecule is COc1ccc(OC2CCN(c3ccc(-c4cc(Br)cn5ncc(C#N)c45)cn3)CC2)nn1. The van der Waals surface area contributed by atoms with Crippen molar-refractivity contribution in [1.82, 2.24) is 24.8 Å². The van der Waals surface area contributed by atoms with Gasteiger partial charge in [0.15, 0.2) is 0 Å². The fourth-order valence-electron chi connectivity index (χ4n) is 3.98. The molecule has 0 atom stereocenters. The van der Waals surface area contributed by atoms with Crippen LogP contribution in [0.3, 0.4) is 0 Å². The molecular weight excluding hydrogens is 486 g/mol. The number of hydrogen-bond acceptors (Lipinski definition) is 8. The molecule has 9 nitrogen and oxygen atoms in total. The number of hydrogen-bond donors (Lipinski definition) is 0. The summed E-state index contributed by atoms with van der Waals surface area (Å²) < 4.78 is 13.6. The second-order valence-electron chi connectivity index (χ2n) is 7.66. The molecule has 10 heteroatoms. The Bertz CT molecular complexity index is 1310. The smallest absolute Gasteiger partial charge is 0.233 e. The first kappa shape index (κ1) is 21.2.